The Bertz CT molecular complexity index is 8.00. The Hall–Kier alpha value is 3.22. The third kappa shape index (κ3) is 8.96. The van der Waals surface area contributed by atoms with Crippen molar-refractivity contribution in [3.63, 3.8) is 0 Å². The maximum atomic E-state index is 7.81. The van der Waals surface area contributed by atoms with E-state index in [0.717, 1.165) is 0 Å². The van der Waals surface area contributed by atoms with Gasteiger partial charge in [0, 0.05) is 39.9 Å². The molecule has 4 heavy (non-hydrogen) atoms. The molecule has 0 N–H and O–H groups in total. The van der Waals surface area contributed by atoms with Crippen molar-refractivity contribution in [3.8, 4) is 0 Å². The second-order valence-electron chi connectivity index (χ2n) is 0. The van der Waals surface area contributed by atoms with Gasteiger partial charge in [-0.05, 0) is 0 Å². The van der Waals surface area contributed by atoms with Crippen molar-refractivity contribution in [3.05, 3.63) is 0 Å². The quantitative estimate of drug-likeness (QED) is 0.494. The zero-order valence-electron chi connectivity index (χ0n) is 1.06. The first-order valence-electron chi connectivity index (χ1n) is 0.123. The second-order valence-corrected chi connectivity index (χ2v) is 0. The van der Waals surface area contributed by atoms with Crippen LogP contribution in [0.5, 0.6) is 0 Å². The molecule has 0 bridgehead atoms. The van der Waals surface area contributed by atoms with Crippen LogP contribution >= 0.6 is 0 Å². The first kappa shape index (κ1) is 15.7. The Morgan fingerprint density at radius 1 is 1.25 bits per heavy atom. The number of hydrogen-bond acceptors (Lipinski definition) is 1. The van der Waals surface area contributed by atoms with Gasteiger partial charge in [0.05, 0.1) is 0 Å². The van der Waals surface area contributed by atoms with Crippen LogP contribution < -0.4 is 0 Å². The van der Waals surface area contributed by atoms with E-state index in [-0.39, 0.29) is 88.8 Å². The molecule has 0 spiro atoms. The fraction of sp³-hybridized carbons (Fsp3) is 0. The summed E-state index contributed by atoms with van der Waals surface area (Å²) in [5.74, 6) is 0. The van der Waals surface area contributed by atoms with Gasteiger partial charge in [0.25, 0.3) is 0 Å². The third-order valence-electron chi connectivity index (χ3n) is 0. The first-order valence-corrected chi connectivity index (χ1v) is 0.508. The summed E-state index contributed by atoms with van der Waals surface area (Å²) in [5.41, 5.74) is 0. The molecular formula is H2BaCuGdO. The average Bonchev–Trinajstić information content (AvgIpc) is 1.00. The Morgan fingerprint density at radius 3 is 1.25 bits per heavy atom. The van der Waals surface area contributed by atoms with Crippen molar-refractivity contribution in [1.29, 1.82) is 0 Å². The summed E-state index contributed by atoms with van der Waals surface area (Å²) in [4.78, 5) is 0. The normalized spacial score (nSPS) is 1.50. The molecule has 0 radical (unpaired) electrons. The SMILES string of the molecule is [BaH2].[Gd].[O]=[Cu]. The topological polar surface area (TPSA) is 17.1 Å². The van der Waals surface area contributed by atoms with E-state index >= 15 is 0 Å². The molecule has 0 fully saturated rings. The second kappa shape index (κ2) is 16.4. The van der Waals surface area contributed by atoms with Gasteiger partial charge in [-0.25, -0.2) is 0 Å². The summed E-state index contributed by atoms with van der Waals surface area (Å²) < 4.78 is 7.81. The molecule has 0 aromatic heterocycles. The molecule has 0 aliphatic rings. The molecular weight excluding hydrogens is 374 g/mol. The minimum atomic E-state index is 0. The molecule has 0 rings (SSSR count). The van der Waals surface area contributed by atoms with E-state index in [1.807, 2.05) is 0 Å². The molecule has 0 aromatic rings. The van der Waals surface area contributed by atoms with Gasteiger partial charge in [0.1, 0.15) is 0 Å². The predicted molar refractivity (Wildman–Crippen MR) is 9.23 cm³/mol. The third-order valence-corrected chi connectivity index (χ3v) is 0. The van der Waals surface area contributed by atoms with Crippen molar-refractivity contribution < 1.29 is 59.7 Å². The number of hydrogen-bond donors (Lipinski definition) is 0. The van der Waals surface area contributed by atoms with Crippen LogP contribution in [-0.4, -0.2) is 48.9 Å². The van der Waals surface area contributed by atoms with E-state index in [4.69, 9.17) is 3.83 Å². The van der Waals surface area contributed by atoms with Crippen LogP contribution in [0.25, 0.3) is 0 Å². The van der Waals surface area contributed by atoms with Crippen molar-refractivity contribution in [2.45, 2.75) is 0 Å². The minimum absolute atomic E-state index is 0. The molecule has 0 atom stereocenters. The molecule has 0 aliphatic carbocycles. The van der Waals surface area contributed by atoms with E-state index in [1.165, 1.54) is 0 Å². The van der Waals surface area contributed by atoms with Crippen molar-refractivity contribution >= 4 is 48.9 Å². The summed E-state index contributed by atoms with van der Waals surface area (Å²) in [6, 6.07) is 0. The molecule has 0 aliphatic heterocycles. The zero-order valence-corrected chi connectivity index (χ0v) is 4.27. The summed E-state index contributed by atoms with van der Waals surface area (Å²) >= 11 is 2.94. The van der Waals surface area contributed by atoms with Crippen LogP contribution in [0.2, 0.25) is 0 Å². The van der Waals surface area contributed by atoms with Gasteiger partial charge >= 0.3 is 68.7 Å². The van der Waals surface area contributed by atoms with Gasteiger partial charge in [-0.3, -0.25) is 0 Å². The molecule has 29 valence electrons. The molecule has 0 unspecified atom stereocenters. The van der Waals surface area contributed by atoms with Gasteiger partial charge in [0.2, 0.25) is 0 Å². The Labute approximate surface area is 105 Å². The summed E-state index contributed by atoms with van der Waals surface area (Å²) in [5, 5.41) is 0. The van der Waals surface area contributed by atoms with Crippen LogP contribution in [0.15, 0.2) is 0 Å². The summed E-state index contributed by atoms with van der Waals surface area (Å²) in [7, 11) is 0. The molecule has 0 amide bonds. The Balaban J connectivity index is -0.00000000500. The number of rotatable bonds is 0. The monoisotopic (exact) mass is 377 g/mol. The first-order chi connectivity index (χ1) is 1.00. The Kier molecular flexibility index (Phi) is 64.1. The average molecular weight is 376 g/mol. The summed E-state index contributed by atoms with van der Waals surface area (Å²) in [6.45, 7) is 0. The van der Waals surface area contributed by atoms with E-state index in [0.29, 0.717) is 0 Å². The van der Waals surface area contributed by atoms with Gasteiger partial charge < -0.3 is 0 Å². The van der Waals surface area contributed by atoms with Gasteiger partial charge in [-0.2, -0.15) is 0 Å². The Morgan fingerprint density at radius 2 is 1.25 bits per heavy atom. The van der Waals surface area contributed by atoms with Crippen LogP contribution in [0.1, 0.15) is 0 Å². The van der Waals surface area contributed by atoms with E-state index in [1.54, 1.807) is 0 Å². The standard InChI is InChI=1S/Ba.Cu.Gd.O.2H. The fourth-order valence-electron chi connectivity index (χ4n) is 0. The van der Waals surface area contributed by atoms with Crippen molar-refractivity contribution in [2.24, 2.45) is 0 Å². The molecule has 0 heterocycles. The molecule has 0 aromatic carbocycles. The molecule has 0 saturated carbocycles. The fourth-order valence-corrected chi connectivity index (χ4v) is 0. The molecule has 1 nitrogen and oxygen atoms in total. The van der Waals surface area contributed by atoms with Crippen molar-refractivity contribution in [1.82, 2.24) is 0 Å². The van der Waals surface area contributed by atoms with Crippen LogP contribution in [0.3, 0.4) is 0 Å². The zero-order chi connectivity index (χ0) is 2.00. The molecule has 4 heteroatoms. The van der Waals surface area contributed by atoms with Gasteiger partial charge in [0.15, 0.2) is 0 Å². The van der Waals surface area contributed by atoms with E-state index in [2.05, 4.69) is 15.9 Å². The van der Waals surface area contributed by atoms with Crippen LogP contribution in [0, 0.1) is 39.9 Å². The maximum absolute atomic E-state index is 7.81. The van der Waals surface area contributed by atoms with Gasteiger partial charge in [-0.1, -0.05) is 0 Å². The van der Waals surface area contributed by atoms with E-state index in [9.17, 15) is 0 Å². The summed E-state index contributed by atoms with van der Waals surface area (Å²) in [6.07, 6.45) is 0. The van der Waals surface area contributed by atoms with E-state index < -0.39 is 0 Å². The van der Waals surface area contributed by atoms with Crippen LogP contribution in [0.4, 0.5) is 0 Å². The van der Waals surface area contributed by atoms with Crippen molar-refractivity contribution in [2.75, 3.05) is 0 Å². The van der Waals surface area contributed by atoms with Crippen LogP contribution in [-0.2, 0) is 19.8 Å². The molecule has 0 saturated heterocycles. The van der Waals surface area contributed by atoms with Gasteiger partial charge in [-0.15, -0.1) is 0 Å². The predicted octanol–water partition coefficient (Wildman–Crippen LogP) is -1.04.